The van der Waals surface area contributed by atoms with Crippen LogP contribution in [0.2, 0.25) is 0 Å². The molecule has 0 heterocycles. The molecule has 0 fully saturated rings. The molecule has 2 aromatic rings. The second-order valence-electron chi connectivity index (χ2n) is 3.50. The molecule has 0 aliphatic rings. The topological polar surface area (TPSA) is 0 Å². The van der Waals surface area contributed by atoms with Gasteiger partial charge in [0.25, 0.3) is 0 Å². The molecule has 0 amide bonds. The van der Waals surface area contributed by atoms with Crippen molar-refractivity contribution in [1.29, 1.82) is 0 Å². The fourth-order valence-corrected chi connectivity index (χ4v) is 1.73. The molecule has 0 aliphatic carbocycles. The van der Waals surface area contributed by atoms with E-state index in [0.717, 1.165) is 0 Å². The summed E-state index contributed by atoms with van der Waals surface area (Å²) in [4.78, 5) is 0. The summed E-state index contributed by atoms with van der Waals surface area (Å²) in [5.74, 6) is 0. The smallest absolute Gasteiger partial charge is 1.00 e. The maximum atomic E-state index is 2.24. The van der Waals surface area contributed by atoms with Crippen molar-refractivity contribution in [1.82, 2.24) is 0 Å². The molecule has 0 aliphatic heterocycles. The van der Waals surface area contributed by atoms with Crippen molar-refractivity contribution in [3.8, 4) is 11.1 Å². The fraction of sp³-hybridized carbons (Fsp3) is 0.154. The van der Waals surface area contributed by atoms with Gasteiger partial charge in [-0.05, 0) is 0 Å². The molecular weight excluding hydrogens is 318 g/mol. The second kappa shape index (κ2) is 8.17. The van der Waals surface area contributed by atoms with Gasteiger partial charge in [0.05, 0.1) is 0 Å². The number of hydrogen-bond acceptors (Lipinski definition) is 0. The average molecular weight is 331 g/mol. The first-order chi connectivity index (χ1) is 6.27. The van der Waals surface area contributed by atoms with Gasteiger partial charge in [0.15, 0.2) is 0 Å². The zero-order chi connectivity index (χ0) is 9.26. The van der Waals surface area contributed by atoms with Gasteiger partial charge in [-0.3, -0.25) is 0 Å². The van der Waals surface area contributed by atoms with Crippen molar-refractivity contribution in [2.45, 2.75) is 13.8 Å². The first-order valence-electron chi connectivity index (χ1n) is 4.57. The van der Waals surface area contributed by atoms with E-state index in [1.807, 2.05) is 0 Å². The summed E-state index contributed by atoms with van der Waals surface area (Å²) in [6.45, 7) is 4.30. The van der Waals surface area contributed by atoms with Gasteiger partial charge in [0.2, 0.25) is 0 Å². The zero-order valence-corrected chi connectivity index (χ0v) is 13.3. The third kappa shape index (κ3) is 4.13. The first-order valence-corrected chi connectivity index (χ1v) is 4.57. The number of aryl methyl sites for hydroxylation is 2. The molecule has 3 heteroatoms. The maximum Gasteiger partial charge on any atom is 3.00 e. The summed E-state index contributed by atoms with van der Waals surface area (Å²) in [7, 11) is 0. The Bertz CT molecular complexity index is 407. The molecule has 0 aromatic heterocycles. The SMILES string of the molecule is Cc1cc(-c2ccccc2)c(C)[cH-]1.[Cl-].[Cl-].[Zr+3]. The summed E-state index contributed by atoms with van der Waals surface area (Å²) in [6.07, 6.45) is 0. The molecule has 0 N–H and O–H groups in total. The molecule has 0 atom stereocenters. The molecule has 0 spiro atoms. The zero-order valence-electron chi connectivity index (χ0n) is 9.30. The first kappa shape index (κ1) is 18.4. The number of rotatable bonds is 1. The minimum Gasteiger partial charge on any atom is -1.00 e. The van der Waals surface area contributed by atoms with Crippen molar-refractivity contribution in [3.63, 3.8) is 0 Å². The van der Waals surface area contributed by atoms with E-state index in [1.165, 1.54) is 22.3 Å². The van der Waals surface area contributed by atoms with Gasteiger partial charge in [0, 0.05) is 0 Å². The van der Waals surface area contributed by atoms with Crippen LogP contribution in [-0.4, -0.2) is 0 Å². The van der Waals surface area contributed by atoms with Crippen LogP contribution in [-0.2, 0) is 26.2 Å². The average Bonchev–Trinajstić information content (AvgIpc) is 2.47. The Labute approximate surface area is 129 Å². The molecule has 0 saturated carbocycles. The number of hydrogen-bond donors (Lipinski definition) is 0. The van der Waals surface area contributed by atoms with Gasteiger partial charge >= 0.3 is 26.2 Å². The standard InChI is InChI=1S/C13H13.2ClH.Zr/c1-10-8-11(2)13(9-10)12-6-4-3-5-7-12;;;/h3-9H,1-2H3;2*1H;/q-1;;;+3/p-2. The summed E-state index contributed by atoms with van der Waals surface area (Å²) in [6, 6.07) is 15.0. The number of benzene rings is 1. The van der Waals surface area contributed by atoms with Crippen LogP contribution in [0.25, 0.3) is 11.1 Å². The molecule has 0 saturated heterocycles. The van der Waals surface area contributed by atoms with Crippen LogP contribution in [0.1, 0.15) is 11.1 Å². The molecule has 2 aromatic carbocycles. The van der Waals surface area contributed by atoms with E-state index < -0.39 is 0 Å². The van der Waals surface area contributed by atoms with Crippen molar-refractivity contribution in [3.05, 3.63) is 53.6 Å². The van der Waals surface area contributed by atoms with E-state index >= 15 is 0 Å². The van der Waals surface area contributed by atoms with Crippen LogP contribution in [0.5, 0.6) is 0 Å². The molecule has 83 valence electrons. The monoisotopic (exact) mass is 329 g/mol. The van der Waals surface area contributed by atoms with E-state index in [0.29, 0.717) is 0 Å². The predicted octanol–water partition coefficient (Wildman–Crippen LogP) is -2.31. The van der Waals surface area contributed by atoms with Gasteiger partial charge in [-0.1, -0.05) is 49.7 Å². The van der Waals surface area contributed by atoms with Crippen LogP contribution in [0, 0.1) is 13.8 Å². The van der Waals surface area contributed by atoms with Crippen molar-refractivity contribution in [2.75, 3.05) is 0 Å². The minimum atomic E-state index is 0. The molecular formula is C13H13Cl2Zr. The molecule has 16 heavy (non-hydrogen) atoms. The Hall–Kier alpha value is 0.0331. The molecule has 0 unspecified atom stereocenters. The van der Waals surface area contributed by atoms with E-state index in [2.05, 4.69) is 56.3 Å². The maximum absolute atomic E-state index is 2.24. The molecule has 0 bridgehead atoms. The summed E-state index contributed by atoms with van der Waals surface area (Å²) in [5, 5.41) is 0. The summed E-state index contributed by atoms with van der Waals surface area (Å²) in [5.41, 5.74) is 5.38. The van der Waals surface area contributed by atoms with Crippen molar-refractivity contribution < 1.29 is 51.0 Å². The summed E-state index contributed by atoms with van der Waals surface area (Å²) < 4.78 is 0. The third-order valence-electron chi connectivity index (χ3n) is 2.33. The van der Waals surface area contributed by atoms with E-state index in [1.54, 1.807) is 0 Å². The Kier molecular flexibility index (Phi) is 9.40. The van der Waals surface area contributed by atoms with E-state index in [-0.39, 0.29) is 51.0 Å². The third-order valence-corrected chi connectivity index (χ3v) is 2.33. The van der Waals surface area contributed by atoms with Gasteiger partial charge in [-0.25, -0.2) is 6.07 Å². The van der Waals surface area contributed by atoms with Crippen LogP contribution in [0.15, 0.2) is 42.5 Å². The van der Waals surface area contributed by atoms with Gasteiger partial charge < -0.3 is 24.8 Å². The van der Waals surface area contributed by atoms with E-state index in [9.17, 15) is 0 Å². The Morgan fingerprint density at radius 2 is 1.50 bits per heavy atom. The Morgan fingerprint density at radius 3 is 1.94 bits per heavy atom. The second-order valence-corrected chi connectivity index (χ2v) is 3.50. The quantitative estimate of drug-likeness (QED) is 0.516. The van der Waals surface area contributed by atoms with Crippen LogP contribution in [0.4, 0.5) is 0 Å². The van der Waals surface area contributed by atoms with Crippen molar-refractivity contribution in [2.24, 2.45) is 0 Å². The normalized spacial score (nSPS) is 8.38. The Morgan fingerprint density at radius 1 is 0.938 bits per heavy atom. The molecule has 1 radical (unpaired) electrons. The van der Waals surface area contributed by atoms with E-state index in [4.69, 9.17) is 0 Å². The van der Waals surface area contributed by atoms with Crippen LogP contribution < -0.4 is 24.8 Å². The Balaban J connectivity index is 0. The molecule has 0 nitrogen and oxygen atoms in total. The van der Waals surface area contributed by atoms with Crippen LogP contribution in [0.3, 0.4) is 0 Å². The largest absolute Gasteiger partial charge is 3.00 e. The van der Waals surface area contributed by atoms with Gasteiger partial charge in [0.1, 0.15) is 0 Å². The van der Waals surface area contributed by atoms with Gasteiger partial charge in [-0.15, -0.1) is 0 Å². The summed E-state index contributed by atoms with van der Waals surface area (Å²) >= 11 is 0. The van der Waals surface area contributed by atoms with Crippen LogP contribution >= 0.6 is 0 Å². The minimum absolute atomic E-state index is 0. The molecule has 2 rings (SSSR count). The van der Waals surface area contributed by atoms with Gasteiger partial charge in [-0.2, -0.15) is 22.8 Å². The fourth-order valence-electron chi connectivity index (χ4n) is 1.73. The number of halogens is 2. The predicted molar refractivity (Wildman–Crippen MR) is 56.9 cm³/mol. The van der Waals surface area contributed by atoms with Crippen molar-refractivity contribution >= 4 is 0 Å².